The van der Waals surface area contributed by atoms with E-state index in [0.717, 1.165) is 62.0 Å². The molecular weight excluding hydrogens is 467 g/mol. The average molecular weight is 491 g/mol. The van der Waals surface area contributed by atoms with Crippen molar-refractivity contribution >= 4 is 33.4 Å². The normalized spacial score (nSPS) is 11.3. The molecule has 0 saturated heterocycles. The quantitative estimate of drug-likeness (QED) is 0.241. The van der Waals surface area contributed by atoms with E-state index < -0.39 is 0 Å². The number of aromatic amines is 2. The fourth-order valence-corrected chi connectivity index (χ4v) is 4.53. The zero-order valence-corrected chi connectivity index (χ0v) is 20.0. The molecule has 0 aliphatic rings. The molecule has 37 heavy (non-hydrogen) atoms. The van der Waals surface area contributed by atoms with E-state index in [4.69, 9.17) is 0 Å². The molecular formula is C29H23FN6O. The molecule has 0 aliphatic heterocycles. The van der Waals surface area contributed by atoms with Crippen LogP contribution in [0.15, 0.2) is 79.3 Å². The molecule has 0 bridgehead atoms. The Kier molecular flexibility index (Phi) is 5.69. The molecule has 8 heteroatoms. The topological polar surface area (TPSA) is 99.3 Å². The number of carbonyl (C=O) groups excluding carboxylic acids is 1. The Hall–Kier alpha value is -4.85. The molecule has 6 aromatic rings. The van der Waals surface area contributed by atoms with Crippen molar-refractivity contribution in [2.45, 2.75) is 19.8 Å². The lowest BCUT2D eigenvalue weighted by Crippen LogP contribution is -2.10. The maximum absolute atomic E-state index is 13.5. The van der Waals surface area contributed by atoms with Crippen LogP contribution in [-0.2, 0) is 4.79 Å². The molecule has 4 aromatic heterocycles. The highest BCUT2D eigenvalue weighted by Gasteiger charge is 2.15. The minimum absolute atomic E-state index is 0.0256. The lowest BCUT2D eigenvalue weighted by molar-refractivity contribution is -0.116. The number of hydrogen-bond donors (Lipinski definition) is 3. The summed E-state index contributed by atoms with van der Waals surface area (Å²) in [4.78, 5) is 24.4. The number of anilines is 1. The van der Waals surface area contributed by atoms with Crippen molar-refractivity contribution in [3.05, 3.63) is 85.1 Å². The van der Waals surface area contributed by atoms with Crippen LogP contribution in [0.25, 0.3) is 55.6 Å². The first-order chi connectivity index (χ1) is 18.1. The molecule has 182 valence electrons. The van der Waals surface area contributed by atoms with Crippen molar-refractivity contribution in [2.75, 3.05) is 5.32 Å². The monoisotopic (exact) mass is 490 g/mol. The number of benzene rings is 2. The van der Waals surface area contributed by atoms with Gasteiger partial charge in [0.15, 0.2) is 0 Å². The number of amides is 1. The summed E-state index contributed by atoms with van der Waals surface area (Å²) in [6.07, 6.45) is 6.42. The standard InChI is InChI=1S/C29H23FN6O/c1-2-3-27(37)33-21-12-19(15-31-16-21)18-6-9-25-22(13-18)29(36-35-25)26-14-23-24(34-26)10-11-32-28(23)17-4-7-20(30)8-5-17/h4-16,34H,2-3H2,1H3,(H,33,37)(H,35,36). The second kappa shape index (κ2) is 9.31. The second-order valence-electron chi connectivity index (χ2n) is 8.90. The average Bonchev–Trinajstić information content (AvgIpc) is 3.53. The SMILES string of the molecule is CCCC(=O)Nc1cncc(-c2ccc3[nH]nc(-c4cc5c(-c6ccc(F)cc6)nccc5[nH]4)c3c2)c1. The van der Waals surface area contributed by atoms with Gasteiger partial charge in [-0.3, -0.25) is 19.9 Å². The number of nitrogens with one attached hydrogen (secondary N) is 3. The van der Waals surface area contributed by atoms with Gasteiger partial charge in [0.1, 0.15) is 11.5 Å². The van der Waals surface area contributed by atoms with Crippen molar-refractivity contribution in [1.82, 2.24) is 25.1 Å². The van der Waals surface area contributed by atoms with E-state index in [0.29, 0.717) is 12.1 Å². The van der Waals surface area contributed by atoms with Gasteiger partial charge in [-0.05, 0) is 66.6 Å². The van der Waals surface area contributed by atoms with Crippen LogP contribution in [0.4, 0.5) is 10.1 Å². The molecule has 0 spiro atoms. The number of rotatable bonds is 6. The number of halogens is 1. The lowest BCUT2D eigenvalue weighted by Gasteiger charge is -2.07. The number of aromatic nitrogens is 5. The third kappa shape index (κ3) is 4.33. The van der Waals surface area contributed by atoms with E-state index in [1.807, 2.05) is 37.3 Å². The van der Waals surface area contributed by atoms with Gasteiger partial charge in [0.05, 0.1) is 28.8 Å². The van der Waals surface area contributed by atoms with Crippen LogP contribution >= 0.6 is 0 Å². The zero-order valence-electron chi connectivity index (χ0n) is 20.0. The lowest BCUT2D eigenvalue weighted by atomic mass is 10.0. The number of H-pyrrole nitrogens is 2. The van der Waals surface area contributed by atoms with Crippen molar-refractivity contribution in [1.29, 1.82) is 0 Å². The molecule has 4 heterocycles. The first kappa shape index (κ1) is 22.6. The predicted molar refractivity (Wildman–Crippen MR) is 143 cm³/mol. The first-order valence-electron chi connectivity index (χ1n) is 12.1. The van der Waals surface area contributed by atoms with Crippen molar-refractivity contribution in [3.8, 4) is 33.8 Å². The third-order valence-corrected chi connectivity index (χ3v) is 6.32. The molecule has 2 aromatic carbocycles. The Bertz CT molecular complexity index is 1750. The smallest absolute Gasteiger partial charge is 0.224 e. The molecule has 0 unspecified atom stereocenters. The summed E-state index contributed by atoms with van der Waals surface area (Å²) >= 11 is 0. The molecule has 3 N–H and O–H groups in total. The highest BCUT2D eigenvalue weighted by Crippen LogP contribution is 2.34. The van der Waals surface area contributed by atoms with E-state index in [1.54, 1.807) is 30.7 Å². The number of fused-ring (bicyclic) bond motifs is 2. The summed E-state index contributed by atoms with van der Waals surface area (Å²) in [5.41, 5.74) is 7.55. The van der Waals surface area contributed by atoms with Gasteiger partial charge in [-0.25, -0.2) is 4.39 Å². The summed E-state index contributed by atoms with van der Waals surface area (Å²) in [6.45, 7) is 1.97. The van der Waals surface area contributed by atoms with E-state index >= 15 is 0 Å². The van der Waals surface area contributed by atoms with E-state index in [2.05, 4.69) is 36.5 Å². The van der Waals surface area contributed by atoms with Gasteiger partial charge in [-0.1, -0.05) is 13.0 Å². The van der Waals surface area contributed by atoms with Gasteiger partial charge in [-0.15, -0.1) is 0 Å². The van der Waals surface area contributed by atoms with Crippen LogP contribution in [0.1, 0.15) is 19.8 Å². The number of hydrogen-bond acceptors (Lipinski definition) is 4. The Morgan fingerprint density at radius 1 is 0.892 bits per heavy atom. The molecule has 6 rings (SSSR count). The Labute approximate surface area is 211 Å². The number of pyridine rings is 2. The Morgan fingerprint density at radius 2 is 1.70 bits per heavy atom. The fourth-order valence-electron chi connectivity index (χ4n) is 4.53. The summed E-state index contributed by atoms with van der Waals surface area (Å²) in [5.74, 6) is -0.309. The van der Waals surface area contributed by atoms with Gasteiger partial charge in [0, 0.05) is 46.2 Å². The van der Waals surface area contributed by atoms with Gasteiger partial charge in [-0.2, -0.15) is 5.10 Å². The first-order valence-corrected chi connectivity index (χ1v) is 12.1. The molecule has 7 nitrogen and oxygen atoms in total. The third-order valence-electron chi connectivity index (χ3n) is 6.32. The number of carbonyl (C=O) groups is 1. The molecule has 0 saturated carbocycles. The maximum atomic E-state index is 13.5. The summed E-state index contributed by atoms with van der Waals surface area (Å²) in [5, 5.41) is 12.5. The van der Waals surface area contributed by atoms with Crippen LogP contribution in [-0.4, -0.2) is 31.1 Å². The summed E-state index contributed by atoms with van der Waals surface area (Å²) < 4.78 is 13.5. The highest BCUT2D eigenvalue weighted by molar-refractivity contribution is 6.01. The van der Waals surface area contributed by atoms with E-state index in [9.17, 15) is 9.18 Å². The molecule has 0 fully saturated rings. The van der Waals surface area contributed by atoms with Crippen LogP contribution in [0.3, 0.4) is 0 Å². The largest absolute Gasteiger partial charge is 0.353 e. The number of nitrogens with zero attached hydrogens (tertiary/aromatic N) is 3. The second-order valence-corrected chi connectivity index (χ2v) is 8.90. The van der Waals surface area contributed by atoms with Crippen LogP contribution in [0.2, 0.25) is 0 Å². The van der Waals surface area contributed by atoms with Gasteiger partial charge in [0.2, 0.25) is 5.91 Å². The van der Waals surface area contributed by atoms with Crippen LogP contribution < -0.4 is 5.32 Å². The maximum Gasteiger partial charge on any atom is 0.224 e. The van der Waals surface area contributed by atoms with Gasteiger partial charge < -0.3 is 10.3 Å². The van der Waals surface area contributed by atoms with E-state index in [1.165, 1.54) is 12.1 Å². The van der Waals surface area contributed by atoms with Crippen LogP contribution in [0, 0.1) is 5.82 Å². The van der Waals surface area contributed by atoms with Crippen molar-refractivity contribution < 1.29 is 9.18 Å². The van der Waals surface area contributed by atoms with E-state index in [-0.39, 0.29) is 11.7 Å². The van der Waals surface area contributed by atoms with Crippen LogP contribution in [0.5, 0.6) is 0 Å². The molecule has 0 radical (unpaired) electrons. The predicted octanol–water partition coefficient (Wildman–Crippen LogP) is 6.71. The Balaban J connectivity index is 1.40. The van der Waals surface area contributed by atoms with Gasteiger partial charge in [0.25, 0.3) is 0 Å². The van der Waals surface area contributed by atoms with Crippen molar-refractivity contribution in [2.24, 2.45) is 0 Å². The fraction of sp³-hybridized carbons (Fsp3) is 0.103. The van der Waals surface area contributed by atoms with Crippen molar-refractivity contribution in [3.63, 3.8) is 0 Å². The minimum atomic E-state index is -0.284. The van der Waals surface area contributed by atoms with Gasteiger partial charge >= 0.3 is 0 Å². The minimum Gasteiger partial charge on any atom is -0.353 e. The Morgan fingerprint density at radius 3 is 2.54 bits per heavy atom. The molecule has 1 amide bonds. The molecule has 0 atom stereocenters. The highest BCUT2D eigenvalue weighted by atomic mass is 19.1. The summed E-state index contributed by atoms with van der Waals surface area (Å²) in [7, 11) is 0. The molecule has 0 aliphatic carbocycles. The summed E-state index contributed by atoms with van der Waals surface area (Å²) in [6, 6.07) is 18.2. The zero-order chi connectivity index (χ0) is 25.4.